The lowest BCUT2D eigenvalue weighted by molar-refractivity contribution is -0.127. The molecule has 1 amide bonds. The third-order valence-electron chi connectivity index (χ3n) is 3.70. The molecule has 6 heteroatoms. The van der Waals surface area contributed by atoms with Crippen LogP contribution in [0.4, 0.5) is 0 Å². The van der Waals surface area contributed by atoms with Crippen LogP contribution in [0.1, 0.15) is 31.7 Å². The summed E-state index contributed by atoms with van der Waals surface area (Å²) in [7, 11) is 0. The molecule has 2 atom stereocenters. The zero-order valence-electron chi connectivity index (χ0n) is 12.4. The van der Waals surface area contributed by atoms with E-state index in [1.807, 2.05) is 12.1 Å². The molecule has 1 fully saturated rings. The highest BCUT2D eigenvalue weighted by atomic mass is 35.5. The van der Waals surface area contributed by atoms with Crippen molar-refractivity contribution in [3.05, 3.63) is 29.0 Å². The molecule has 1 aromatic heterocycles. The summed E-state index contributed by atoms with van der Waals surface area (Å²) in [4.78, 5) is 16.4. The van der Waals surface area contributed by atoms with Crippen molar-refractivity contribution in [2.45, 2.75) is 38.9 Å². The Labute approximate surface area is 130 Å². The van der Waals surface area contributed by atoms with Gasteiger partial charge < -0.3 is 16.0 Å². The fourth-order valence-electron chi connectivity index (χ4n) is 2.55. The molecule has 116 valence electrons. The predicted octanol–water partition coefficient (Wildman–Crippen LogP) is 1.68. The number of amides is 1. The average Bonchev–Trinajstić information content (AvgIpc) is 2.52. The molecular weight excluding hydrogens is 288 g/mol. The third kappa shape index (κ3) is 4.66. The van der Waals surface area contributed by atoms with Crippen LogP contribution >= 0.6 is 11.6 Å². The number of nitrogens with zero attached hydrogens (tertiary/aromatic N) is 1. The van der Waals surface area contributed by atoms with Crippen molar-refractivity contribution in [3.63, 3.8) is 0 Å². The van der Waals surface area contributed by atoms with Gasteiger partial charge in [0.05, 0.1) is 12.1 Å². The Morgan fingerprint density at radius 1 is 1.57 bits per heavy atom. The number of carbonyl (C=O) groups excluding carboxylic acids is 1. The van der Waals surface area contributed by atoms with Gasteiger partial charge in [0.1, 0.15) is 5.15 Å². The van der Waals surface area contributed by atoms with Gasteiger partial charge in [-0.15, -0.1) is 0 Å². The van der Waals surface area contributed by atoms with Crippen molar-refractivity contribution >= 4 is 17.5 Å². The number of rotatable bonds is 6. The fraction of sp³-hybridized carbons (Fsp3) is 0.600. The number of piperidine rings is 1. The van der Waals surface area contributed by atoms with Crippen LogP contribution in [0.25, 0.3) is 0 Å². The van der Waals surface area contributed by atoms with Crippen molar-refractivity contribution in [1.82, 2.24) is 20.9 Å². The molecule has 21 heavy (non-hydrogen) atoms. The Bertz CT molecular complexity index is 469. The number of hydrogen-bond acceptors (Lipinski definition) is 4. The molecule has 1 aliphatic heterocycles. The van der Waals surface area contributed by atoms with E-state index in [2.05, 4.69) is 27.9 Å². The van der Waals surface area contributed by atoms with Crippen LogP contribution in [0, 0.1) is 5.92 Å². The number of nitrogens with one attached hydrogen (secondary N) is 3. The molecule has 5 nitrogen and oxygen atoms in total. The third-order valence-corrected chi connectivity index (χ3v) is 4.04. The number of carbonyl (C=O) groups is 1. The fourth-order valence-corrected chi connectivity index (χ4v) is 2.74. The average molecular weight is 311 g/mol. The molecule has 2 rings (SSSR count). The Kier molecular flexibility index (Phi) is 6.42. The molecule has 0 saturated carbocycles. The first kappa shape index (κ1) is 16.2. The Balaban J connectivity index is 1.90. The standard InChI is InChI=1S/C15H23ClN4O/c1-2-7-18-14-12(6-4-9-19-14)15(21)20-10-11-5-3-8-17-13(11)16/h3,5,8,12,14,18-19H,2,4,6-7,9-10H2,1H3,(H,20,21). The van der Waals surface area contributed by atoms with Crippen LogP contribution in [0.2, 0.25) is 5.15 Å². The molecule has 0 aromatic carbocycles. The highest BCUT2D eigenvalue weighted by Gasteiger charge is 2.30. The minimum atomic E-state index is -0.0410. The van der Waals surface area contributed by atoms with Gasteiger partial charge >= 0.3 is 0 Å². The van der Waals surface area contributed by atoms with E-state index in [4.69, 9.17) is 11.6 Å². The van der Waals surface area contributed by atoms with Crippen LogP contribution in [0.3, 0.4) is 0 Å². The Hall–Kier alpha value is -1.17. The lowest BCUT2D eigenvalue weighted by atomic mass is 9.94. The molecule has 1 aliphatic rings. The zero-order valence-corrected chi connectivity index (χ0v) is 13.1. The molecule has 2 unspecified atom stereocenters. The first-order chi connectivity index (χ1) is 10.2. The molecule has 0 aliphatic carbocycles. The van der Waals surface area contributed by atoms with E-state index in [1.54, 1.807) is 6.20 Å². The van der Waals surface area contributed by atoms with Gasteiger partial charge in [0, 0.05) is 18.3 Å². The maximum Gasteiger partial charge on any atom is 0.226 e. The second-order valence-corrected chi connectivity index (χ2v) is 5.66. The van der Waals surface area contributed by atoms with Crippen molar-refractivity contribution in [3.8, 4) is 0 Å². The van der Waals surface area contributed by atoms with Crippen molar-refractivity contribution < 1.29 is 4.79 Å². The molecule has 2 heterocycles. The lowest BCUT2D eigenvalue weighted by Gasteiger charge is -2.32. The summed E-state index contributed by atoms with van der Waals surface area (Å²) in [5, 5.41) is 10.2. The summed E-state index contributed by atoms with van der Waals surface area (Å²) in [6.07, 6.45) is 4.68. The lowest BCUT2D eigenvalue weighted by Crippen LogP contribution is -2.55. The van der Waals surface area contributed by atoms with Crippen molar-refractivity contribution in [1.29, 1.82) is 0 Å². The van der Waals surface area contributed by atoms with Gasteiger partial charge in [0.25, 0.3) is 0 Å². The van der Waals surface area contributed by atoms with Crippen LogP contribution in [-0.2, 0) is 11.3 Å². The molecule has 0 bridgehead atoms. The minimum Gasteiger partial charge on any atom is -0.352 e. The normalized spacial score (nSPS) is 22.0. The second-order valence-electron chi connectivity index (χ2n) is 5.31. The van der Waals surface area contributed by atoms with E-state index in [0.717, 1.165) is 37.9 Å². The molecule has 0 spiro atoms. The molecule has 1 aromatic rings. The quantitative estimate of drug-likeness (QED) is 0.699. The van der Waals surface area contributed by atoms with E-state index in [-0.39, 0.29) is 18.0 Å². The number of hydrogen-bond donors (Lipinski definition) is 3. The van der Waals surface area contributed by atoms with Crippen molar-refractivity contribution in [2.24, 2.45) is 5.92 Å². The van der Waals surface area contributed by atoms with E-state index in [0.29, 0.717) is 11.7 Å². The number of pyridine rings is 1. The van der Waals surface area contributed by atoms with Gasteiger partial charge in [-0.2, -0.15) is 0 Å². The summed E-state index contributed by atoms with van der Waals surface area (Å²) in [6.45, 7) is 4.41. The first-order valence-corrected chi connectivity index (χ1v) is 7.94. The Morgan fingerprint density at radius 3 is 3.19 bits per heavy atom. The van der Waals surface area contributed by atoms with Crippen LogP contribution in [0.5, 0.6) is 0 Å². The van der Waals surface area contributed by atoms with Crippen LogP contribution < -0.4 is 16.0 Å². The summed E-state index contributed by atoms with van der Waals surface area (Å²) >= 11 is 6.00. The molecule has 3 N–H and O–H groups in total. The summed E-state index contributed by atoms with van der Waals surface area (Å²) in [6, 6.07) is 3.70. The summed E-state index contributed by atoms with van der Waals surface area (Å²) in [5.74, 6) is 0.0245. The second kappa shape index (κ2) is 8.32. The first-order valence-electron chi connectivity index (χ1n) is 7.56. The molecule has 0 radical (unpaired) electrons. The highest BCUT2D eigenvalue weighted by Crippen LogP contribution is 2.16. The maximum atomic E-state index is 12.4. The summed E-state index contributed by atoms with van der Waals surface area (Å²) in [5.41, 5.74) is 0.842. The van der Waals surface area contributed by atoms with Gasteiger partial charge in [0.2, 0.25) is 5.91 Å². The highest BCUT2D eigenvalue weighted by molar-refractivity contribution is 6.30. The van der Waals surface area contributed by atoms with Crippen molar-refractivity contribution in [2.75, 3.05) is 13.1 Å². The van der Waals surface area contributed by atoms with Gasteiger partial charge in [-0.3, -0.25) is 4.79 Å². The topological polar surface area (TPSA) is 66.0 Å². The predicted molar refractivity (Wildman–Crippen MR) is 83.9 cm³/mol. The van der Waals surface area contributed by atoms with Crippen LogP contribution in [-0.4, -0.2) is 30.1 Å². The largest absolute Gasteiger partial charge is 0.352 e. The van der Waals surface area contributed by atoms with Gasteiger partial charge in [-0.25, -0.2) is 4.98 Å². The SMILES string of the molecule is CCCNC1NCCCC1C(=O)NCc1cccnc1Cl. The van der Waals surface area contributed by atoms with Crippen LogP contribution in [0.15, 0.2) is 18.3 Å². The van der Waals surface area contributed by atoms with Gasteiger partial charge in [-0.1, -0.05) is 24.6 Å². The number of halogens is 1. The van der Waals surface area contributed by atoms with Gasteiger partial charge in [-0.05, 0) is 38.4 Å². The van der Waals surface area contributed by atoms with E-state index in [1.165, 1.54) is 0 Å². The maximum absolute atomic E-state index is 12.4. The van der Waals surface area contributed by atoms with Gasteiger partial charge in [0.15, 0.2) is 0 Å². The smallest absolute Gasteiger partial charge is 0.226 e. The number of aromatic nitrogens is 1. The molecule has 1 saturated heterocycles. The molecular formula is C15H23ClN4O. The van der Waals surface area contributed by atoms with E-state index < -0.39 is 0 Å². The van der Waals surface area contributed by atoms with E-state index in [9.17, 15) is 4.79 Å². The Morgan fingerprint density at radius 2 is 2.43 bits per heavy atom. The zero-order chi connectivity index (χ0) is 15.1. The summed E-state index contributed by atoms with van der Waals surface area (Å²) < 4.78 is 0. The monoisotopic (exact) mass is 310 g/mol. The van der Waals surface area contributed by atoms with E-state index >= 15 is 0 Å². The minimum absolute atomic E-state index is 0.0410.